The SMILES string of the molecule is C#C[C@H]1NC(=O)[C@H]1NC(c1ccccc1)(c1ccccc1)c1ccccc1. The summed E-state index contributed by atoms with van der Waals surface area (Å²) >= 11 is 0. The third-order valence-corrected chi connectivity index (χ3v) is 5.09. The van der Waals surface area contributed by atoms with Gasteiger partial charge in [-0.05, 0) is 16.7 Å². The number of terminal acetylenes is 1. The molecule has 0 bridgehead atoms. The third kappa shape index (κ3) is 2.91. The van der Waals surface area contributed by atoms with E-state index in [0.29, 0.717) is 0 Å². The lowest BCUT2D eigenvalue weighted by Crippen LogP contribution is -2.71. The topological polar surface area (TPSA) is 41.1 Å². The van der Waals surface area contributed by atoms with Gasteiger partial charge in [-0.25, -0.2) is 0 Å². The number of carbonyl (C=O) groups excluding carboxylic acids is 1. The molecule has 132 valence electrons. The minimum atomic E-state index is -0.693. The molecule has 1 heterocycles. The van der Waals surface area contributed by atoms with Crippen LogP contribution in [0.2, 0.25) is 0 Å². The maximum atomic E-state index is 12.3. The average Bonchev–Trinajstić information content (AvgIpc) is 2.74. The highest BCUT2D eigenvalue weighted by molar-refractivity contribution is 5.90. The fraction of sp³-hybridized carbons (Fsp3) is 0.125. The Morgan fingerprint density at radius 1 is 0.778 bits per heavy atom. The summed E-state index contributed by atoms with van der Waals surface area (Å²) in [7, 11) is 0. The summed E-state index contributed by atoms with van der Waals surface area (Å²) in [5.74, 6) is 2.59. The van der Waals surface area contributed by atoms with Crippen LogP contribution in [0.15, 0.2) is 91.0 Å². The van der Waals surface area contributed by atoms with Crippen molar-refractivity contribution in [2.45, 2.75) is 17.6 Å². The van der Waals surface area contributed by atoms with Crippen LogP contribution in [0, 0.1) is 12.3 Å². The van der Waals surface area contributed by atoms with E-state index in [1.807, 2.05) is 54.6 Å². The van der Waals surface area contributed by atoms with Gasteiger partial charge in [-0.2, -0.15) is 0 Å². The van der Waals surface area contributed by atoms with E-state index in [-0.39, 0.29) is 11.9 Å². The molecule has 1 fully saturated rings. The van der Waals surface area contributed by atoms with Crippen LogP contribution in [0.25, 0.3) is 0 Å². The van der Waals surface area contributed by atoms with Gasteiger partial charge in [0.25, 0.3) is 0 Å². The fourth-order valence-corrected chi connectivity index (χ4v) is 3.72. The first-order valence-electron chi connectivity index (χ1n) is 8.96. The molecule has 1 saturated heterocycles. The Kier molecular flexibility index (Phi) is 4.50. The summed E-state index contributed by atoms with van der Waals surface area (Å²) < 4.78 is 0. The summed E-state index contributed by atoms with van der Waals surface area (Å²) in [5.41, 5.74) is 2.47. The maximum Gasteiger partial charge on any atom is 0.241 e. The molecule has 1 amide bonds. The van der Waals surface area contributed by atoms with E-state index in [0.717, 1.165) is 16.7 Å². The Morgan fingerprint density at radius 2 is 1.19 bits per heavy atom. The van der Waals surface area contributed by atoms with Crippen molar-refractivity contribution in [2.24, 2.45) is 0 Å². The zero-order valence-electron chi connectivity index (χ0n) is 14.8. The third-order valence-electron chi connectivity index (χ3n) is 5.09. The van der Waals surface area contributed by atoms with Gasteiger partial charge in [0, 0.05) is 0 Å². The monoisotopic (exact) mass is 352 g/mol. The quantitative estimate of drug-likeness (QED) is 0.421. The van der Waals surface area contributed by atoms with E-state index in [1.54, 1.807) is 0 Å². The van der Waals surface area contributed by atoms with Crippen molar-refractivity contribution in [2.75, 3.05) is 0 Å². The zero-order chi connectivity index (χ0) is 18.7. The Balaban J connectivity index is 1.95. The van der Waals surface area contributed by atoms with Crippen LogP contribution in [0.3, 0.4) is 0 Å². The molecular weight excluding hydrogens is 332 g/mol. The minimum absolute atomic E-state index is 0.0786. The first kappa shape index (κ1) is 17.1. The van der Waals surface area contributed by atoms with E-state index in [9.17, 15) is 4.79 Å². The number of rotatable bonds is 5. The predicted molar refractivity (Wildman–Crippen MR) is 107 cm³/mol. The summed E-state index contributed by atoms with van der Waals surface area (Å²) in [6, 6.07) is 29.7. The number of hydrogen-bond acceptors (Lipinski definition) is 2. The molecule has 3 aromatic carbocycles. The molecule has 0 aromatic heterocycles. The van der Waals surface area contributed by atoms with Crippen molar-refractivity contribution in [3.8, 4) is 12.3 Å². The van der Waals surface area contributed by atoms with Gasteiger partial charge in [-0.1, -0.05) is 96.9 Å². The van der Waals surface area contributed by atoms with Crippen LogP contribution in [0.1, 0.15) is 16.7 Å². The van der Waals surface area contributed by atoms with Gasteiger partial charge in [0.1, 0.15) is 12.1 Å². The Hall–Kier alpha value is -3.35. The molecule has 2 atom stereocenters. The molecule has 1 aliphatic rings. The highest BCUT2D eigenvalue weighted by Gasteiger charge is 2.46. The first-order chi connectivity index (χ1) is 13.3. The lowest BCUT2D eigenvalue weighted by Gasteiger charge is -2.44. The van der Waals surface area contributed by atoms with Gasteiger partial charge >= 0.3 is 0 Å². The standard InChI is InChI=1S/C24H20N2O/c1-2-21-22(23(27)25-21)26-24(18-12-6-3-7-13-18,19-14-8-4-9-15-19)20-16-10-5-11-17-20/h1,3-17,21-22,26H,(H,25,27)/t21-,22+/m1/s1. The predicted octanol–water partition coefficient (Wildman–Crippen LogP) is 3.07. The first-order valence-corrected chi connectivity index (χ1v) is 8.96. The summed E-state index contributed by atoms with van der Waals surface area (Å²) in [4.78, 5) is 12.3. The Bertz CT molecular complexity index is 865. The van der Waals surface area contributed by atoms with Gasteiger partial charge in [0.2, 0.25) is 5.91 Å². The molecular formula is C24H20N2O. The van der Waals surface area contributed by atoms with E-state index < -0.39 is 11.6 Å². The van der Waals surface area contributed by atoms with Crippen molar-refractivity contribution in [1.29, 1.82) is 0 Å². The van der Waals surface area contributed by atoms with Crippen LogP contribution in [-0.2, 0) is 10.3 Å². The smallest absolute Gasteiger partial charge is 0.241 e. The lowest BCUT2D eigenvalue weighted by atomic mass is 9.75. The molecule has 27 heavy (non-hydrogen) atoms. The largest absolute Gasteiger partial charge is 0.339 e. The molecule has 3 aromatic rings. The number of β-lactam (4-membered cyclic amide) rings is 1. The van der Waals surface area contributed by atoms with Crippen molar-refractivity contribution in [3.05, 3.63) is 108 Å². The van der Waals surface area contributed by atoms with E-state index in [2.05, 4.69) is 53.0 Å². The van der Waals surface area contributed by atoms with Gasteiger partial charge in [0.15, 0.2) is 0 Å². The van der Waals surface area contributed by atoms with Gasteiger partial charge < -0.3 is 5.32 Å². The number of amides is 1. The molecule has 0 radical (unpaired) electrons. The van der Waals surface area contributed by atoms with Crippen LogP contribution < -0.4 is 10.6 Å². The Labute approximate surface area is 159 Å². The summed E-state index contributed by atoms with van der Waals surface area (Å²) in [6.07, 6.45) is 5.62. The van der Waals surface area contributed by atoms with E-state index in [1.165, 1.54) is 0 Å². The molecule has 0 unspecified atom stereocenters. The lowest BCUT2D eigenvalue weighted by molar-refractivity contribution is -0.130. The van der Waals surface area contributed by atoms with Gasteiger partial charge in [-0.15, -0.1) is 6.42 Å². The minimum Gasteiger partial charge on any atom is -0.339 e. The zero-order valence-corrected chi connectivity index (χ0v) is 14.8. The molecule has 3 nitrogen and oxygen atoms in total. The molecule has 0 aliphatic carbocycles. The molecule has 1 aliphatic heterocycles. The fourth-order valence-electron chi connectivity index (χ4n) is 3.72. The maximum absolute atomic E-state index is 12.3. The normalized spacial score (nSPS) is 18.9. The van der Waals surface area contributed by atoms with Crippen molar-refractivity contribution in [3.63, 3.8) is 0 Å². The van der Waals surface area contributed by atoms with Gasteiger partial charge in [-0.3, -0.25) is 10.1 Å². The summed E-state index contributed by atoms with van der Waals surface area (Å²) in [6.45, 7) is 0. The number of benzene rings is 3. The van der Waals surface area contributed by atoms with Crippen LogP contribution in [-0.4, -0.2) is 18.0 Å². The number of nitrogens with one attached hydrogen (secondary N) is 2. The van der Waals surface area contributed by atoms with Crippen LogP contribution in [0.5, 0.6) is 0 Å². The molecule has 4 rings (SSSR count). The highest BCUT2D eigenvalue weighted by Crippen LogP contribution is 2.38. The molecule has 3 heteroatoms. The van der Waals surface area contributed by atoms with Crippen molar-refractivity contribution >= 4 is 5.91 Å². The van der Waals surface area contributed by atoms with Gasteiger partial charge in [0.05, 0.1) is 5.54 Å². The molecule has 2 N–H and O–H groups in total. The second kappa shape index (κ2) is 7.11. The Morgan fingerprint density at radius 3 is 1.52 bits per heavy atom. The number of hydrogen-bond donors (Lipinski definition) is 2. The van der Waals surface area contributed by atoms with Crippen molar-refractivity contribution < 1.29 is 4.79 Å². The molecule has 0 spiro atoms. The van der Waals surface area contributed by atoms with Crippen LogP contribution >= 0.6 is 0 Å². The van der Waals surface area contributed by atoms with E-state index in [4.69, 9.17) is 6.42 Å². The summed E-state index contributed by atoms with van der Waals surface area (Å²) in [5, 5.41) is 6.39. The second-order valence-electron chi connectivity index (χ2n) is 6.62. The second-order valence-corrected chi connectivity index (χ2v) is 6.62. The van der Waals surface area contributed by atoms with Crippen LogP contribution in [0.4, 0.5) is 0 Å². The van der Waals surface area contributed by atoms with E-state index >= 15 is 0 Å². The van der Waals surface area contributed by atoms with Crippen molar-refractivity contribution in [1.82, 2.24) is 10.6 Å². The molecule has 0 saturated carbocycles. The average molecular weight is 352 g/mol. The number of carbonyl (C=O) groups is 1. The highest BCUT2D eigenvalue weighted by atomic mass is 16.2.